The first-order valence-corrected chi connectivity index (χ1v) is 12.1. The highest BCUT2D eigenvalue weighted by atomic mass is 19.4. The first-order chi connectivity index (χ1) is 18.5. The summed E-state index contributed by atoms with van der Waals surface area (Å²) >= 11 is 0. The van der Waals surface area contributed by atoms with E-state index in [-0.39, 0.29) is 29.8 Å². The van der Waals surface area contributed by atoms with Gasteiger partial charge in [0.25, 0.3) is 0 Å². The molecule has 1 saturated heterocycles. The third-order valence-electron chi connectivity index (χ3n) is 6.47. The third kappa shape index (κ3) is 5.64. The summed E-state index contributed by atoms with van der Waals surface area (Å²) in [6.45, 7) is 1.74. The summed E-state index contributed by atoms with van der Waals surface area (Å²) in [6.07, 6.45) is -2.88. The number of imidazole rings is 1. The summed E-state index contributed by atoms with van der Waals surface area (Å²) in [7, 11) is 3.38. The Labute approximate surface area is 221 Å². The number of likely N-dealkylation sites (N-methyl/N-ethyl adjacent to an activating group) is 1. The maximum atomic E-state index is 13.7. The van der Waals surface area contributed by atoms with E-state index in [0.29, 0.717) is 46.4 Å². The summed E-state index contributed by atoms with van der Waals surface area (Å²) in [6, 6.07) is 12.2. The SMILES string of the molecule is CC(=O)Nc1cc(Oc2ccc3nc(Nc4cc(C5CC(=O)N(C)C5)cc(C(F)(F)F)c4)n(C)c3c2)ccn1. The van der Waals surface area contributed by atoms with Crippen molar-refractivity contribution in [3.05, 3.63) is 65.9 Å². The maximum Gasteiger partial charge on any atom is 0.416 e. The number of amides is 2. The Morgan fingerprint density at radius 2 is 1.85 bits per heavy atom. The number of hydrogen-bond acceptors (Lipinski definition) is 6. The van der Waals surface area contributed by atoms with Crippen molar-refractivity contribution in [1.82, 2.24) is 19.4 Å². The van der Waals surface area contributed by atoms with Crippen molar-refractivity contribution in [2.75, 3.05) is 24.2 Å². The molecular weight excluding hydrogens is 513 g/mol. The minimum Gasteiger partial charge on any atom is -0.457 e. The van der Waals surface area contributed by atoms with Gasteiger partial charge in [0.2, 0.25) is 17.8 Å². The van der Waals surface area contributed by atoms with Gasteiger partial charge < -0.3 is 24.8 Å². The Hall–Kier alpha value is -4.61. The van der Waals surface area contributed by atoms with Crippen LogP contribution in [0.1, 0.15) is 30.4 Å². The smallest absolute Gasteiger partial charge is 0.416 e. The molecule has 9 nitrogen and oxygen atoms in total. The minimum absolute atomic E-state index is 0.0987. The number of pyridine rings is 1. The van der Waals surface area contributed by atoms with Gasteiger partial charge in [-0.25, -0.2) is 9.97 Å². The van der Waals surface area contributed by atoms with Gasteiger partial charge in [0.1, 0.15) is 17.3 Å². The average Bonchev–Trinajstić information content (AvgIpc) is 3.36. The van der Waals surface area contributed by atoms with E-state index in [4.69, 9.17) is 4.74 Å². The molecule has 0 aliphatic carbocycles. The number of fused-ring (bicyclic) bond motifs is 1. The Morgan fingerprint density at radius 3 is 2.54 bits per heavy atom. The highest BCUT2D eigenvalue weighted by molar-refractivity contribution is 5.87. The zero-order valence-corrected chi connectivity index (χ0v) is 21.3. The van der Waals surface area contributed by atoms with Gasteiger partial charge in [-0.1, -0.05) is 0 Å². The standard InChI is InChI=1S/C27H25F3N6O3/c1-15(37)32-24-13-21(6-7-31-24)39-20-4-5-22-23(12-20)36(3)26(34-22)33-19-9-16(8-18(11-19)27(28,29)30)17-10-25(38)35(2)14-17/h4-9,11-13,17H,10,14H2,1-3H3,(H,33,34)(H,31,32,37). The van der Waals surface area contributed by atoms with E-state index in [1.54, 1.807) is 55.1 Å². The number of halogens is 3. The summed E-state index contributed by atoms with van der Waals surface area (Å²) < 4.78 is 48.8. The van der Waals surface area contributed by atoms with Crippen molar-refractivity contribution in [3.63, 3.8) is 0 Å². The number of alkyl halides is 3. The molecule has 1 aliphatic heterocycles. The summed E-state index contributed by atoms with van der Waals surface area (Å²) in [4.78, 5) is 33.4. The molecule has 2 aromatic carbocycles. The number of anilines is 3. The van der Waals surface area contributed by atoms with Crippen molar-refractivity contribution in [1.29, 1.82) is 0 Å². The van der Waals surface area contributed by atoms with Crippen molar-refractivity contribution in [3.8, 4) is 11.5 Å². The Balaban J connectivity index is 1.43. The lowest BCUT2D eigenvalue weighted by molar-refractivity contribution is -0.137. The number of rotatable bonds is 6. The Bertz CT molecular complexity index is 1580. The number of hydrogen-bond donors (Lipinski definition) is 2. The lowest BCUT2D eigenvalue weighted by Gasteiger charge is -2.17. The second-order valence-corrected chi connectivity index (χ2v) is 9.45. The zero-order valence-electron chi connectivity index (χ0n) is 21.3. The van der Waals surface area contributed by atoms with Crippen molar-refractivity contribution in [2.45, 2.75) is 25.4 Å². The first kappa shape index (κ1) is 26.0. The van der Waals surface area contributed by atoms with Gasteiger partial charge in [-0.05, 0) is 42.0 Å². The number of ether oxygens (including phenoxy) is 1. The van der Waals surface area contributed by atoms with Crippen molar-refractivity contribution < 1.29 is 27.5 Å². The van der Waals surface area contributed by atoms with Crippen LogP contribution in [0.3, 0.4) is 0 Å². The number of carbonyl (C=O) groups is 2. The van der Waals surface area contributed by atoms with Crippen LogP contribution in [0.25, 0.3) is 11.0 Å². The Kier molecular flexibility index (Phi) is 6.62. The van der Waals surface area contributed by atoms with Crippen LogP contribution in [-0.2, 0) is 22.8 Å². The average molecular weight is 539 g/mol. The predicted octanol–water partition coefficient (Wildman–Crippen LogP) is 5.43. The molecule has 12 heteroatoms. The summed E-state index contributed by atoms with van der Waals surface area (Å²) in [5, 5.41) is 5.61. The molecule has 1 fully saturated rings. The third-order valence-corrected chi connectivity index (χ3v) is 6.47. The highest BCUT2D eigenvalue weighted by Crippen LogP contribution is 2.37. The van der Waals surface area contributed by atoms with E-state index < -0.39 is 11.7 Å². The van der Waals surface area contributed by atoms with Crippen LogP contribution in [0.2, 0.25) is 0 Å². The molecule has 39 heavy (non-hydrogen) atoms. The molecule has 1 unspecified atom stereocenters. The molecule has 5 rings (SSSR count). The number of aromatic nitrogens is 3. The van der Waals surface area contributed by atoms with E-state index in [1.807, 2.05) is 0 Å². The molecule has 2 aromatic heterocycles. The van der Waals surface area contributed by atoms with Crippen LogP contribution >= 0.6 is 0 Å². The van der Waals surface area contributed by atoms with Crippen LogP contribution < -0.4 is 15.4 Å². The highest BCUT2D eigenvalue weighted by Gasteiger charge is 2.34. The molecule has 0 bridgehead atoms. The van der Waals surface area contributed by atoms with Crippen LogP contribution in [0.5, 0.6) is 11.5 Å². The normalized spacial score (nSPS) is 15.6. The molecular formula is C27H25F3N6O3. The van der Waals surface area contributed by atoms with E-state index in [9.17, 15) is 22.8 Å². The zero-order chi connectivity index (χ0) is 27.9. The van der Waals surface area contributed by atoms with Gasteiger partial charge in [0.05, 0.1) is 16.6 Å². The summed E-state index contributed by atoms with van der Waals surface area (Å²) in [5.41, 5.74) is 1.15. The lowest BCUT2D eigenvalue weighted by atomic mass is 9.95. The van der Waals surface area contributed by atoms with E-state index in [0.717, 1.165) is 12.1 Å². The van der Waals surface area contributed by atoms with Gasteiger partial charge in [-0.2, -0.15) is 13.2 Å². The molecule has 2 N–H and O–H groups in total. The first-order valence-electron chi connectivity index (χ1n) is 12.1. The number of likely N-dealkylation sites (tertiary alicyclic amines) is 1. The topological polar surface area (TPSA) is 101 Å². The number of aryl methyl sites for hydroxylation is 1. The van der Waals surface area contributed by atoms with Gasteiger partial charge in [-0.3, -0.25) is 9.59 Å². The molecule has 1 aliphatic rings. The van der Waals surface area contributed by atoms with Crippen LogP contribution in [0.15, 0.2) is 54.7 Å². The van der Waals surface area contributed by atoms with Gasteiger partial charge in [-0.15, -0.1) is 0 Å². The second-order valence-electron chi connectivity index (χ2n) is 9.45. The Morgan fingerprint density at radius 1 is 1.08 bits per heavy atom. The lowest BCUT2D eigenvalue weighted by Crippen LogP contribution is -2.18. The predicted molar refractivity (Wildman–Crippen MR) is 139 cm³/mol. The van der Waals surface area contributed by atoms with Crippen molar-refractivity contribution in [2.24, 2.45) is 7.05 Å². The quantitative estimate of drug-likeness (QED) is 0.340. The molecule has 3 heterocycles. The number of carbonyl (C=O) groups excluding carboxylic acids is 2. The number of nitrogens with zero attached hydrogens (tertiary/aromatic N) is 4. The van der Waals surface area contributed by atoms with Crippen LogP contribution in [0.4, 0.5) is 30.6 Å². The van der Waals surface area contributed by atoms with E-state index >= 15 is 0 Å². The van der Waals surface area contributed by atoms with E-state index in [2.05, 4.69) is 20.6 Å². The van der Waals surface area contributed by atoms with Crippen molar-refractivity contribution >= 4 is 40.3 Å². The molecule has 1 atom stereocenters. The van der Waals surface area contributed by atoms with Crippen LogP contribution in [0, 0.1) is 0 Å². The number of nitrogens with one attached hydrogen (secondary N) is 2. The van der Waals surface area contributed by atoms with E-state index in [1.165, 1.54) is 18.0 Å². The molecule has 202 valence electrons. The molecule has 0 spiro atoms. The summed E-state index contributed by atoms with van der Waals surface area (Å²) in [5.74, 6) is 0.955. The second kappa shape index (κ2) is 9.93. The minimum atomic E-state index is -4.55. The fraction of sp³-hybridized carbons (Fsp3) is 0.259. The number of benzene rings is 2. The maximum absolute atomic E-state index is 13.7. The fourth-order valence-corrected chi connectivity index (χ4v) is 4.54. The monoisotopic (exact) mass is 538 g/mol. The van der Waals surface area contributed by atoms with Gasteiger partial charge in [0, 0.05) is 63.9 Å². The molecule has 4 aromatic rings. The fourth-order valence-electron chi connectivity index (χ4n) is 4.54. The molecule has 0 saturated carbocycles. The van der Waals surface area contributed by atoms with Gasteiger partial charge in [0.15, 0.2) is 0 Å². The molecule has 0 radical (unpaired) electrons. The molecule has 2 amide bonds. The van der Waals surface area contributed by atoms with Crippen LogP contribution in [-0.4, -0.2) is 44.8 Å². The van der Waals surface area contributed by atoms with Gasteiger partial charge >= 0.3 is 6.18 Å². The largest absolute Gasteiger partial charge is 0.457 e.